The van der Waals surface area contributed by atoms with Crippen molar-refractivity contribution in [1.82, 2.24) is 0 Å². The van der Waals surface area contributed by atoms with Gasteiger partial charge in [-0.3, -0.25) is 0 Å². The molecule has 0 aliphatic carbocycles. The maximum Gasteiger partial charge on any atom is 0.523 e. The largest absolute Gasteiger partial charge is 0.523 e. The maximum atomic E-state index is 12.4. The summed E-state index contributed by atoms with van der Waals surface area (Å²) >= 11 is 5.70. The van der Waals surface area contributed by atoms with Crippen LogP contribution in [0.15, 0.2) is 24.3 Å². The normalized spacial score (nSPS) is 13.6. The molecular formula is C13H14ClF3O5S. The van der Waals surface area contributed by atoms with E-state index in [1.165, 1.54) is 6.92 Å². The minimum atomic E-state index is -5.89. The first kappa shape index (κ1) is 19.7. The van der Waals surface area contributed by atoms with Crippen molar-refractivity contribution >= 4 is 27.7 Å². The van der Waals surface area contributed by atoms with Crippen LogP contribution in [0.1, 0.15) is 18.9 Å². The van der Waals surface area contributed by atoms with E-state index in [1.807, 2.05) is 0 Å². The Hall–Kier alpha value is -1.32. The van der Waals surface area contributed by atoms with Crippen molar-refractivity contribution in [2.75, 3.05) is 6.61 Å². The van der Waals surface area contributed by atoms with Gasteiger partial charge in [-0.2, -0.15) is 21.6 Å². The Labute approximate surface area is 136 Å². The molecule has 1 atom stereocenters. The highest BCUT2D eigenvalue weighted by Crippen LogP contribution is 2.27. The third-order valence-corrected chi connectivity index (χ3v) is 3.99. The fraction of sp³-hybridized carbons (Fsp3) is 0.462. The standard InChI is InChI=1S/C13H14ClF3O5S/c1-2-21-12(18)11(22-23(19,20)13(15,16)17)8-5-9-3-6-10(14)7-4-9/h3-4,6-7,11H,2,5,8H2,1H3/t11-/m1/s1. The van der Waals surface area contributed by atoms with Crippen LogP contribution in [0.5, 0.6) is 0 Å². The van der Waals surface area contributed by atoms with Crippen LogP contribution in [-0.2, 0) is 30.3 Å². The molecule has 0 amide bonds. The zero-order valence-electron chi connectivity index (χ0n) is 12.0. The minimum Gasteiger partial charge on any atom is -0.464 e. The van der Waals surface area contributed by atoms with Crippen LogP contribution in [0.4, 0.5) is 13.2 Å². The van der Waals surface area contributed by atoms with Gasteiger partial charge in [0, 0.05) is 5.02 Å². The van der Waals surface area contributed by atoms with E-state index in [1.54, 1.807) is 24.3 Å². The Morgan fingerprint density at radius 1 is 1.26 bits per heavy atom. The van der Waals surface area contributed by atoms with E-state index in [9.17, 15) is 26.4 Å². The number of esters is 1. The third-order valence-electron chi connectivity index (χ3n) is 2.68. The van der Waals surface area contributed by atoms with E-state index in [2.05, 4.69) is 8.92 Å². The molecule has 1 aromatic carbocycles. The summed E-state index contributed by atoms with van der Waals surface area (Å²) in [5.41, 5.74) is -4.96. The van der Waals surface area contributed by atoms with Crippen molar-refractivity contribution in [2.45, 2.75) is 31.4 Å². The number of halogens is 4. The Kier molecular flexibility index (Phi) is 6.84. The van der Waals surface area contributed by atoms with Gasteiger partial charge in [-0.1, -0.05) is 23.7 Å². The molecule has 1 rings (SSSR count). The maximum absolute atomic E-state index is 12.4. The molecule has 5 nitrogen and oxygen atoms in total. The summed E-state index contributed by atoms with van der Waals surface area (Å²) in [7, 11) is -5.89. The fourth-order valence-electron chi connectivity index (χ4n) is 1.60. The van der Waals surface area contributed by atoms with E-state index >= 15 is 0 Å². The van der Waals surface area contributed by atoms with E-state index < -0.39 is 27.7 Å². The highest BCUT2D eigenvalue weighted by atomic mass is 35.5. The van der Waals surface area contributed by atoms with Gasteiger partial charge in [0.2, 0.25) is 0 Å². The molecule has 0 aliphatic heterocycles. The van der Waals surface area contributed by atoms with Gasteiger partial charge in [0.15, 0.2) is 6.10 Å². The number of rotatable bonds is 7. The van der Waals surface area contributed by atoms with Crippen molar-refractivity contribution in [3.8, 4) is 0 Å². The second kappa shape index (κ2) is 7.98. The molecule has 0 N–H and O–H groups in total. The van der Waals surface area contributed by atoms with Gasteiger partial charge < -0.3 is 4.74 Å². The molecule has 0 heterocycles. The number of hydrogen-bond donors (Lipinski definition) is 0. The van der Waals surface area contributed by atoms with Gasteiger partial charge in [0.1, 0.15) is 0 Å². The van der Waals surface area contributed by atoms with Crippen molar-refractivity contribution in [3.05, 3.63) is 34.9 Å². The zero-order chi connectivity index (χ0) is 17.7. The number of aryl methyl sites for hydroxylation is 1. The van der Waals surface area contributed by atoms with E-state index in [-0.39, 0.29) is 19.4 Å². The van der Waals surface area contributed by atoms with Gasteiger partial charge in [0.05, 0.1) is 6.61 Å². The van der Waals surface area contributed by atoms with E-state index in [0.717, 1.165) is 0 Å². The van der Waals surface area contributed by atoms with E-state index in [4.69, 9.17) is 11.6 Å². The number of benzene rings is 1. The lowest BCUT2D eigenvalue weighted by molar-refractivity contribution is -0.152. The van der Waals surface area contributed by atoms with Crippen LogP contribution in [0.2, 0.25) is 5.02 Å². The van der Waals surface area contributed by atoms with Crippen LogP contribution in [0, 0.1) is 0 Å². The van der Waals surface area contributed by atoms with Gasteiger partial charge in [-0.25, -0.2) is 8.98 Å². The number of ether oxygens (including phenoxy) is 1. The first-order valence-corrected chi connectivity index (χ1v) is 8.26. The summed E-state index contributed by atoms with van der Waals surface area (Å²) in [5.74, 6) is -1.17. The Bertz CT molecular complexity index is 628. The molecule has 0 aromatic heterocycles. The van der Waals surface area contributed by atoms with Crippen molar-refractivity contribution in [1.29, 1.82) is 0 Å². The summed E-state index contributed by atoms with van der Waals surface area (Å²) < 4.78 is 67.8. The molecule has 0 saturated heterocycles. The van der Waals surface area contributed by atoms with Crippen molar-refractivity contribution < 1.29 is 35.3 Å². The molecule has 0 bridgehead atoms. The fourth-order valence-corrected chi connectivity index (χ4v) is 2.31. The Morgan fingerprint density at radius 3 is 2.30 bits per heavy atom. The highest BCUT2D eigenvalue weighted by molar-refractivity contribution is 7.87. The van der Waals surface area contributed by atoms with Crippen LogP contribution in [0.3, 0.4) is 0 Å². The summed E-state index contributed by atoms with van der Waals surface area (Å²) in [4.78, 5) is 11.6. The first-order valence-electron chi connectivity index (χ1n) is 6.47. The monoisotopic (exact) mass is 374 g/mol. The molecule has 0 aliphatic rings. The highest BCUT2D eigenvalue weighted by Gasteiger charge is 2.49. The molecule has 0 spiro atoms. The lowest BCUT2D eigenvalue weighted by Crippen LogP contribution is -2.35. The summed E-state index contributed by atoms with van der Waals surface area (Å²) in [5, 5.41) is 0.464. The topological polar surface area (TPSA) is 69.7 Å². The summed E-state index contributed by atoms with van der Waals surface area (Å²) in [6.45, 7) is 1.32. The minimum absolute atomic E-state index is 0.105. The lowest BCUT2D eigenvalue weighted by Gasteiger charge is -2.17. The number of hydrogen-bond acceptors (Lipinski definition) is 5. The van der Waals surface area contributed by atoms with Gasteiger partial charge in [-0.05, 0) is 37.5 Å². The van der Waals surface area contributed by atoms with Gasteiger partial charge in [0.25, 0.3) is 0 Å². The van der Waals surface area contributed by atoms with Crippen molar-refractivity contribution in [2.24, 2.45) is 0 Å². The summed E-state index contributed by atoms with van der Waals surface area (Å²) in [6.07, 6.45) is -2.07. The lowest BCUT2D eigenvalue weighted by atomic mass is 10.1. The van der Waals surface area contributed by atoms with Gasteiger partial charge >= 0.3 is 21.6 Å². The predicted molar refractivity (Wildman–Crippen MR) is 76.3 cm³/mol. The SMILES string of the molecule is CCOC(=O)[C@@H](CCc1ccc(Cl)cc1)OS(=O)(=O)C(F)(F)F. The van der Waals surface area contributed by atoms with Gasteiger partial charge in [-0.15, -0.1) is 0 Å². The number of carbonyl (C=O) groups is 1. The quantitative estimate of drug-likeness (QED) is 0.417. The van der Waals surface area contributed by atoms with Crippen LogP contribution in [0.25, 0.3) is 0 Å². The second-order valence-electron chi connectivity index (χ2n) is 4.40. The molecule has 1 aromatic rings. The number of carbonyl (C=O) groups excluding carboxylic acids is 1. The molecule has 0 fully saturated rings. The second-order valence-corrected chi connectivity index (χ2v) is 6.40. The molecule has 10 heteroatoms. The molecule has 0 saturated carbocycles. The molecule has 130 valence electrons. The van der Waals surface area contributed by atoms with Crippen LogP contribution < -0.4 is 0 Å². The molecule has 0 unspecified atom stereocenters. The zero-order valence-corrected chi connectivity index (χ0v) is 13.5. The smallest absolute Gasteiger partial charge is 0.464 e. The first-order chi connectivity index (χ1) is 10.6. The average Bonchev–Trinajstić information content (AvgIpc) is 2.44. The molecular weight excluding hydrogens is 361 g/mol. The summed E-state index contributed by atoms with van der Waals surface area (Å²) in [6, 6.07) is 6.32. The molecule has 23 heavy (non-hydrogen) atoms. The van der Waals surface area contributed by atoms with Crippen LogP contribution >= 0.6 is 11.6 Å². The Morgan fingerprint density at radius 2 is 1.83 bits per heavy atom. The Balaban J connectivity index is 2.85. The third kappa shape index (κ3) is 6.00. The average molecular weight is 375 g/mol. The number of alkyl halides is 3. The van der Waals surface area contributed by atoms with E-state index in [0.29, 0.717) is 10.6 Å². The van der Waals surface area contributed by atoms with Crippen molar-refractivity contribution in [3.63, 3.8) is 0 Å². The van der Waals surface area contributed by atoms with Crippen LogP contribution in [-0.4, -0.2) is 32.6 Å². The predicted octanol–water partition coefficient (Wildman–Crippen LogP) is 3.07. The molecule has 0 radical (unpaired) electrons.